The van der Waals surface area contributed by atoms with E-state index in [2.05, 4.69) is 40.0 Å². The second kappa shape index (κ2) is 6.95. The molecule has 0 N–H and O–H groups in total. The van der Waals surface area contributed by atoms with Crippen molar-refractivity contribution in [3.63, 3.8) is 0 Å². The molecule has 0 saturated heterocycles. The van der Waals surface area contributed by atoms with Crippen LogP contribution in [0.25, 0.3) is 21.7 Å². The lowest BCUT2D eigenvalue weighted by Gasteiger charge is -2.05. The zero-order valence-corrected chi connectivity index (χ0v) is 14.5. The van der Waals surface area contributed by atoms with Crippen LogP contribution in [0.15, 0.2) is 67.1 Å². The minimum Gasteiger partial charge on any atom is -0.390 e. The molecule has 7 heteroatoms. The molecule has 0 aliphatic heterocycles. The van der Waals surface area contributed by atoms with Gasteiger partial charge >= 0.3 is 5.95 Å². The number of hydrogen-bond donors (Lipinski definition) is 0. The summed E-state index contributed by atoms with van der Waals surface area (Å²) in [7, 11) is 0. The number of carbonyl (C=O) groups excluding carboxylic acids is 1. The van der Waals surface area contributed by atoms with Crippen LogP contribution < -0.4 is 4.57 Å². The van der Waals surface area contributed by atoms with Crippen LogP contribution in [0.4, 0.5) is 5.95 Å². The van der Waals surface area contributed by atoms with Gasteiger partial charge in [-0.15, -0.1) is 0 Å². The molecule has 2 aromatic carbocycles. The quantitative estimate of drug-likeness (QED) is 0.236. The van der Waals surface area contributed by atoms with Gasteiger partial charge in [0.15, 0.2) is 6.20 Å². The van der Waals surface area contributed by atoms with Crippen molar-refractivity contribution in [2.24, 2.45) is 0 Å². The highest BCUT2D eigenvalue weighted by molar-refractivity contribution is 6.03. The zero-order valence-electron chi connectivity index (χ0n) is 14.5. The molecule has 0 saturated carbocycles. The Bertz CT molecular complexity index is 1170. The van der Waals surface area contributed by atoms with E-state index >= 15 is 0 Å². The normalized spacial score (nSPS) is 11.1. The maximum Gasteiger partial charge on any atom is 0.441 e. The molecule has 2 aromatic heterocycles. The fourth-order valence-electron chi connectivity index (χ4n) is 3.38. The number of rotatable bonds is 5. The number of aromatic nitrogens is 3. The Morgan fingerprint density at radius 2 is 1.85 bits per heavy atom. The summed E-state index contributed by atoms with van der Waals surface area (Å²) in [4.78, 5) is 26.2. The standard InChI is InChI=1S/C20H17N4O3/c25-19(23-13-11-21-20(23)24(26)27)10-5-12-22-14-15-6-1-2-7-16(15)17-8-3-4-9-18(17)22/h1-4,6-9,11,13-14H,5,10,12H2/q+1. The molecule has 4 rings (SSSR count). The maximum absolute atomic E-state index is 12.3. The van der Waals surface area contributed by atoms with Crippen LogP contribution in [0.1, 0.15) is 17.6 Å². The van der Waals surface area contributed by atoms with Crippen molar-refractivity contribution in [3.05, 3.63) is 77.2 Å². The fraction of sp³-hybridized carbons (Fsp3) is 0.150. The summed E-state index contributed by atoms with van der Waals surface area (Å²) in [6, 6.07) is 16.4. The van der Waals surface area contributed by atoms with Crippen molar-refractivity contribution in [3.8, 4) is 0 Å². The van der Waals surface area contributed by atoms with Crippen molar-refractivity contribution in [1.82, 2.24) is 9.55 Å². The third-order valence-corrected chi connectivity index (χ3v) is 4.60. The Balaban J connectivity index is 1.57. The minimum absolute atomic E-state index is 0.200. The Kier molecular flexibility index (Phi) is 4.33. The van der Waals surface area contributed by atoms with E-state index in [4.69, 9.17) is 0 Å². The van der Waals surface area contributed by atoms with E-state index in [0.29, 0.717) is 13.0 Å². The van der Waals surface area contributed by atoms with E-state index in [1.807, 2.05) is 24.3 Å². The first-order chi connectivity index (χ1) is 13.1. The average Bonchev–Trinajstić information content (AvgIpc) is 3.18. The average molecular weight is 361 g/mol. The second-order valence-corrected chi connectivity index (χ2v) is 6.28. The van der Waals surface area contributed by atoms with E-state index in [9.17, 15) is 14.9 Å². The van der Waals surface area contributed by atoms with Crippen LogP contribution in [-0.2, 0) is 6.54 Å². The van der Waals surface area contributed by atoms with Crippen LogP contribution in [0.5, 0.6) is 0 Å². The van der Waals surface area contributed by atoms with E-state index in [0.717, 1.165) is 20.9 Å². The van der Waals surface area contributed by atoms with Gasteiger partial charge in [-0.25, -0.2) is 0 Å². The predicted molar refractivity (Wildman–Crippen MR) is 100 cm³/mol. The van der Waals surface area contributed by atoms with Gasteiger partial charge in [-0.1, -0.05) is 35.3 Å². The van der Waals surface area contributed by atoms with Gasteiger partial charge < -0.3 is 10.1 Å². The number of imidazole rings is 1. The molecule has 0 aliphatic carbocycles. The molecule has 134 valence electrons. The van der Waals surface area contributed by atoms with Gasteiger partial charge in [-0.05, 0) is 17.1 Å². The van der Waals surface area contributed by atoms with Crippen molar-refractivity contribution in [1.29, 1.82) is 0 Å². The van der Waals surface area contributed by atoms with Gasteiger partial charge in [-0.3, -0.25) is 4.79 Å². The molecule has 0 atom stereocenters. The molecule has 0 unspecified atom stereocenters. The SMILES string of the molecule is O=C(CCC[n+]1cc2ccccc2c2ccccc21)n1ccnc1[N+](=O)[O-]. The number of pyridine rings is 1. The lowest BCUT2D eigenvalue weighted by atomic mass is 10.1. The molecule has 0 spiro atoms. The van der Waals surface area contributed by atoms with E-state index in [-0.39, 0.29) is 12.3 Å². The van der Waals surface area contributed by atoms with Gasteiger partial charge in [0, 0.05) is 29.7 Å². The van der Waals surface area contributed by atoms with Crippen LogP contribution in [0, 0.1) is 10.1 Å². The summed E-state index contributed by atoms with van der Waals surface area (Å²) in [5, 5.41) is 14.4. The highest BCUT2D eigenvalue weighted by atomic mass is 16.6. The molecule has 0 radical (unpaired) electrons. The number of hydrogen-bond acceptors (Lipinski definition) is 4. The van der Waals surface area contributed by atoms with Crippen LogP contribution in [0.2, 0.25) is 0 Å². The zero-order chi connectivity index (χ0) is 18.8. The Hall–Kier alpha value is -3.61. The van der Waals surface area contributed by atoms with E-state index in [1.165, 1.54) is 17.8 Å². The van der Waals surface area contributed by atoms with Crippen LogP contribution >= 0.6 is 0 Å². The van der Waals surface area contributed by atoms with Crippen LogP contribution in [-0.4, -0.2) is 20.4 Å². The molecule has 0 fully saturated rings. The van der Waals surface area contributed by atoms with Crippen molar-refractivity contribution in [2.45, 2.75) is 19.4 Å². The fourth-order valence-corrected chi connectivity index (χ4v) is 3.38. The summed E-state index contributed by atoms with van der Waals surface area (Å²) < 4.78 is 3.14. The number of carbonyl (C=O) groups is 1. The lowest BCUT2D eigenvalue weighted by Crippen LogP contribution is -2.34. The van der Waals surface area contributed by atoms with Crippen LogP contribution in [0.3, 0.4) is 0 Å². The second-order valence-electron chi connectivity index (χ2n) is 6.28. The molecule has 0 amide bonds. The van der Waals surface area contributed by atoms with E-state index in [1.54, 1.807) is 0 Å². The molecule has 2 heterocycles. The number of nitro groups is 1. The molecule has 27 heavy (non-hydrogen) atoms. The Labute approximate surface area is 154 Å². The summed E-state index contributed by atoms with van der Waals surface area (Å²) in [5.74, 6) is -0.770. The Morgan fingerprint density at radius 3 is 2.67 bits per heavy atom. The smallest absolute Gasteiger partial charge is 0.390 e. The van der Waals surface area contributed by atoms with Crippen molar-refractivity contribution in [2.75, 3.05) is 0 Å². The summed E-state index contributed by atoms with van der Waals surface area (Å²) >= 11 is 0. The Morgan fingerprint density at radius 1 is 1.11 bits per heavy atom. The van der Waals surface area contributed by atoms with Gasteiger partial charge in [0.25, 0.3) is 5.91 Å². The largest absolute Gasteiger partial charge is 0.441 e. The first kappa shape index (κ1) is 16.8. The highest BCUT2D eigenvalue weighted by Crippen LogP contribution is 2.22. The van der Waals surface area contributed by atoms with Gasteiger partial charge in [0.2, 0.25) is 5.52 Å². The number of aryl methyl sites for hydroxylation is 1. The number of fused-ring (bicyclic) bond motifs is 3. The molecular formula is C20H17N4O3+. The summed E-state index contributed by atoms with van der Waals surface area (Å²) in [6.07, 6.45) is 5.45. The molecule has 0 bridgehead atoms. The third kappa shape index (κ3) is 3.15. The summed E-state index contributed by atoms with van der Waals surface area (Å²) in [5.41, 5.74) is 1.09. The molecule has 4 aromatic rings. The molecule has 0 aliphatic rings. The molecule has 7 nitrogen and oxygen atoms in total. The first-order valence-corrected chi connectivity index (χ1v) is 8.66. The monoisotopic (exact) mass is 361 g/mol. The number of para-hydroxylation sites is 1. The number of nitrogens with zero attached hydrogens (tertiary/aromatic N) is 4. The topological polar surface area (TPSA) is 81.9 Å². The minimum atomic E-state index is -0.649. The van der Waals surface area contributed by atoms with Gasteiger partial charge in [0.1, 0.15) is 18.9 Å². The van der Waals surface area contributed by atoms with Crippen molar-refractivity contribution < 1.29 is 14.3 Å². The number of benzene rings is 2. The highest BCUT2D eigenvalue weighted by Gasteiger charge is 2.21. The first-order valence-electron chi connectivity index (χ1n) is 8.66. The predicted octanol–water partition coefficient (Wildman–Crippen LogP) is 3.51. The maximum atomic E-state index is 12.3. The molecular weight excluding hydrogens is 344 g/mol. The third-order valence-electron chi connectivity index (χ3n) is 4.60. The van der Waals surface area contributed by atoms with Gasteiger partial charge in [-0.2, -0.15) is 9.13 Å². The summed E-state index contributed by atoms with van der Waals surface area (Å²) in [6.45, 7) is 0.638. The van der Waals surface area contributed by atoms with Gasteiger partial charge in [0.05, 0.1) is 5.39 Å². The van der Waals surface area contributed by atoms with Crippen molar-refractivity contribution >= 4 is 33.5 Å². The van der Waals surface area contributed by atoms with E-state index < -0.39 is 10.9 Å². The lowest BCUT2D eigenvalue weighted by molar-refractivity contribution is -0.670.